The van der Waals surface area contributed by atoms with Crippen molar-refractivity contribution in [1.82, 2.24) is 14.5 Å². The van der Waals surface area contributed by atoms with Crippen LogP contribution in [0.25, 0.3) is 27.7 Å². The number of halogens is 1. The zero-order valence-electron chi connectivity index (χ0n) is 17.0. The molecule has 0 saturated carbocycles. The first-order valence-corrected chi connectivity index (χ1v) is 10.1. The standard InChI is InChI=1S/C26H18FN3O2/c27-20-6-8-23(18-9-12-28-13-10-18)25(15-20)30-14-11-22(16-26(30)31)32-17-21-7-5-19-3-1-2-4-24(19)29-21/h1-16H,17H2. The number of pyridine rings is 3. The molecule has 0 amide bonds. The molecule has 0 unspecified atom stereocenters. The molecule has 2 aromatic carbocycles. The second kappa shape index (κ2) is 8.43. The first-order chi connectivity index (χ1) is 15.7. The van der Waals surface area contributed by atoms with Crippen LogP contribution >= 0.6 is 0 Å². The summed E-state index contributed by atoms with van der Waals surface area (Å²) in [5.41, 5.74) is 3.34. The van der Waals surface area contributed by atoms with E-state index in [1.807, 2.05) is 48.5 Å². The van der Waals surface area contributed by atoms with Crippen molar-refractivity contribution in [1.29, 1.82) is 0 Å². The van der Waals surface area contributed by atoms with Crippen LogP contribution in [-0.2, 0) is 6.61 Å². The largest absolute Gasteiger partial charge is 0.487 e. The van der Waals surface area contributed by atoms with Gasteiger partial charge in [0.25, 0.3) is 5.56 Å². The molecule has 0 atom stereocenters. The van der Waals surface area contributed by atoms with E-state index >= 15 is 0 Å². The fourth-order valence-electron chi connectivity index (χ4n) is 3.58. The van der Waals surface area contributed by atoms with Crippen molar-refractivity contribution >= 4 is 10.9 Å². The van der Waals surface area contributed by atoms with Gasteiger partial charge >= 0.3 is 0 Å². The van der Waals surface area contributed by atoms with Crippen LogP contribution in [0.2, 0.25) is 0 Å². The van der Waals surface area contributed by atoms with Crippen LogP contribution in [0.1, 0.15) is 5.69 Å². The number of fused-ring (bicyclic) bond motifs is 1. The van der Waals surface area contributed by atoms with Crippen LogP contribution in [0, 0.1) is 5.82 Å². The fraction of sp³-hybridized carbons (Fsp3) is 0.0385. The van der Waals surface area contributed by atoms with Crippen molar-refractivity contribution in [2.45, 2.75) is 6.61 Å². The van der Waals surface area contributed by atoms with Gasteiger partial charge in [0.2, 0.25) is 0 Å². The molecule has 0 N–H and O–H groups in total. The minimum absolute atomic E-state index is 0.233. The Bertz CT molecular complexity index is 1470. The van der Waals surface area contributed by atoms with Gasteiger partial charge in [0.05, 0.1) is 16.9 Å². The van der Waals surface area contributed by atoms with Crippen LogP contribution in [-0.4, -0.2) is 14.5 Å². The summed E-state index contributed by atoms with van der Waals surface area (Å²) in [6, 6.07) is 22.8. The molecule has 5 nitrogen and oxygen atoms in total. The molecule has 0 radical (unpaired) electrons. The Labute approximate surface area is 183 Å². The van der Waals surface area contributed by atoms with E-state index in [1.54, 1.807) is 30.7 Å². The number of hydrogen-bond acceptors (Lipinski definition) is 4. The topological polar surface area (TPSA) is 57.0 Å². The van der Waals surface area contributed by atoms with E-state index in [9.17, 15) is 9.18 Å². The maximum atomic E-state index is 14.0. The van der Waals surface area contributed by atoms with Gasteiger partial charge in [-0.25, -0.2) is 9.37 Å². The van der Waals surface area contributed by atoms with Crippen molar-refractivity contribution in [2.75, 3.05) is 0 Å². The van der Waals surface area contributed by atoms with Crippen molar-refractivity contribution < 1.29 is 9.13 Å². The summed E-state index contributed by atoms with van der Waals surface area (Å²) in [6.45, 7) is 0.233. The number of para-hydroxylation sites is 1. The summed E-state index contributed by atoms with van der Waals surface area (Å²) < 4.78 is 21.2. The van der Waals surface area contributed by atoms with E-state index in [1.165, 1.54) is 22.8 Å². The van der Waals surface area contributed by atoms with Crippen LogP contribution < -0.4 is 10.3 Å². The number of nitrogens with zero attached hydrogens (tertiary/aromatic N) is 3. The van der Waals surface area contributed by atoms with E-state index in [4.69, 9.17) is 4.74 Å². The van der Waals surface area contributed by atoms with Gasteiger partial charge in [-0.05, 0) is 54.1 Å². The van der Waals surface area contributed by atoms with Gasteiger partial charge in [0.1, 0.15) is 18.2 Å². The Balaban J connectivity index is 1.42. The number of benzene rings is 2. The second-order valence-corrected chi connectivity index (χ2v) is 7.25. The normalized spacial score (nSPS) is 10.9. The van der Waals surface area contributed by atoms with Crippen LogP contribution in [0.4, 0.5) is 4.39 Å². The van der Waals surface area contributed by atoms with E-state index in [-0.39, 0.29) is 12.2 Å². The third kappa shape index (κ3) is 3.98. The van der Waals surface area contributed by atoms with Gasteiger partial charge in [-0.3, -0.25) is 14.3 Å². The molecule has 3 aromatic heterocycles. The minimum atomic E-state index is -0.424. The average Bonchev–Trinajstić information content (AvgIpc) is 2.83. The predicted octanol–water partition coefficient (Wildman–Crippen LogP) is 5.17. The summed E-state index contributed by atoms with van der Waals surface area (Å²) >= 11 is 0. The maximum Gasteiger partial charge on any atom is 0.258 e. The molecule has 0 fully saturated rings. The molecule has 5 rings (SSSR count). The highest BCUT2D eigenvalue weighted by atomic mass is 19.1. The SMILES string of the molecule is O=c1cc(OCc2ccc3ccccc3n2)ccn1-c1cc(F)ccc1-c1ccncc1. The number of ether oxygens (including phenoxy) is 1. The van der Waals surface area contributed by atoms with Gasteiger partial charge in [0.15, 0.2) is 0 Å². The van der Waals surface area contributed by atoms with Gasteiger partial charge in [-0.2, -0.15) is 0 Å². The molecule has 6 heteroatoms. The number of rotatable bonds is 5. The first-order valence-electron chi connectivity index (χ1n) is 10.1. The number of aromatic nitrogens is 3. The highest BCUT2D eigenvalue weighted by Crippen LogP contribution is 2.27. The summed E-state index contributed by atoms with van der Waals surface area (Å²) in [5, 5.41) is 1.05. The summed E-state index contributed by atoms with van der Waals surface area (Å²) in [7, 11) is 0. The molecule has 0 spiro atoms. The zero-order valence-corrected chi connectivity index (χ0v) is 17.0. The molecular weight excluding hydrogens is 405 g/mol. The highest BCUT2D eigenvalue weighted by molar-refractivity contribution is 5.78. The lowest BCUT2D eigenvalue weighted by molar-refractivity contribution is 0.301. The second-order valence-electron chi connectivity index (χ2n) is 7.25. The van der Waals surface area contributed by atoms with Gasteiger partial charge in [0, 0.05) is 35.6 Å². The Hall–Kier alpha value is -4.32. The van der Waals surface area contributed by atoms with Crippen LogP contribution in [0.3, 0.4) is 0 Å². The van der Waals surface area contributed by atoms with Crippen molar-refractivity contribution in [2.24, 2.45) is 0 Å². The van der Waals surface area contributed by atoms with E-state index in [0.29, 0.717) is 11.4 Å². The lowest BCUT2D eigenvalue weighted by Crippen LogP contribution is -2.17. The van der Waals surface area contributed by atoms with Crippen molar-refractivity contribution in [3.63, 3.8) is 0 Å². The maximum absolute atomic E-state index is 14.0. The highest BCUT2D eigenvalue weighted by Gasteiger charge is 2.11. The van der Waals surface area contributed by atoms with Crippen LogP contribution in [0.5, 0.6) is 5.75 Å². The van der Waals surface area contributed by atoms with E-state index in [2.05, 4.69) is 9.97 Å². The summed E-state index contributed by atoms with van der Waals surface area (Å²) in [6.07, 6.45) is 4.90. The Morgan fingerprint density at radius 3 is 2.59 bits per heavy atom. The predicted molar refractivity (Wildman–Crippen MR) is 121 cm³/mol. The lowest BCUT2D eigenvalue weighted by Gasteiger charge is -2.13. The fourth-order valence-corrected chi connectivity index (χ4v) is 3.58. The van der Waals surface area contributed by atoms with Crippen LogP contribution in [0.15, 0.2) is 102 Å². The van der Waals surface area contributed by atoms with E-state index in [0.717, 1.165) is 27.7 Å². The molecule has 0 aliphatic carbocycles. The Morgan fingerprint density at radius 1 is 0.906 bits per heavy atom. The minimum Gasteiger partial charge on any atom is -0.487 e. The summed E-state index contributed by atoms with van der Waals surface area (Å²) in [4.78, 5) is 21.4. The molecule has 32 heavy (non-hydrogen) atoms. The molecule has 0 aliphatic heterocycles. The molecule has 5 aromatic rings. The average molecular weight is 423 g/mol. The first kappa shape index (κ1) is 19.6. The number of hydrogen-bond donors (Lipinski definition) is 0. The van der Waals surface area contributed by atoms with Gasteiger partial charge in [-0.15, -0.1) is 0 Å². The smallest absolute Gasteiger partial charge is 0.258 e. The van der Waals surface area contributed by atoms with Gasteiger partial charge < -0.3 is 4.74 Å². The van der Waals surface area contributed by atoms with Gasteiger partial charge in [-0.1, -0.05) is 24.3 Å². The molecule has 0 aliphatic rings. The molecular formula is C26H18FN3O2. The third-order valence-corrected chi connectivity index (χ3v) is 5.14. The molecule has 0 bridgehead atoms. The van der Waals surface area contributed by atoms with Crippen molar-refractivity contribution in [3.8, 4) is 22.6 Å². The zero-order chi connectivity index (χ0) is 21.9. The quantitative estimate of drug-likeness (QED) is 0.392. The Kier molecular flexibility index (Phi) is 5.17. The molecule has 156 valence electrons. The third-order valence-electron chi connectivity index (χ3n) is 5.14. The molecule has 0 saturated heterocycles. The monoisotopic (exact) mass is 423 g/mol. The summed E-state index contributed by atoms with van der Waals surface area (Å²) in [5.74, 6) is -0.00418. The van der Waals surface area contributed by atoms with E-state index < -0.39 is 5.82 Å². The lowest BCUT2D eigenvalue weighted by atomic mass is 10.0. The Morgan fingerprint density at radius 2 is 1.75 bits per heavy atom. The molecule has 3 heterocycles. The van der Waals surface area contributed by atoms with Crippen molar-refractivity contribution in [3.05, 3.63) is 119 Å².